The molecule has 0 spiro atoms. The average molecular weight is 126 g/mol. The Morgan fingerprint density at radius 2 is 2.62 bits per heavy atom. The number of allylic oxidation sites excluding steroid dienone is 3. The lowest BCUT2D eigenvalue weighted by molar-refractivity contribution is -0.104. The molecule has 0 aromatic heterocycles. The summed E-state index contributed by atoms with van der Waals surface area (Å²) >= 11 is 1.48. The van der Waals surface area contributed by atoms with Crippen molar-refractivity contribution in [2.45, 2.75) is 6.42 Å². The Hall–Kier alpha value is -0.500. The standard InChI is InChI=1S/C6H6OS/c7-5-6-3-1-2-4-8-6/h2-5H,1H2. The summed E-state index contributed by atoms with van der Waals surface area (Å²) in [4.78, 5) is 10.9. The molecule has 1 aliphatic rings. The van der Waals surface area contributed by atoms with Crippen molar-refractivity contribution in [3.8, 4) is 0 Å². The molecule has 0 bridgehead atoms. The van der Waals surface area contributed by atoms with Gasteiger partial charge in [-0.05, 0) is 11.8 Å². The SMILES string of the molecule is O=CC1=CCC=CS1. The van der Waals surface area contributed by atoms with Crippen molar-refractivity contribution < 1.29 is 4.79 Å². The molecule has 0 aromatic carbocycles. The van der Waals surface area contributed by atoms with E-state index in [1.807, 2.05) is 17.6 Å². The molecule has 0 saturated heterocycles. The lowest BCUT2D eigenvalue weighted by Crippen LogP contribution is -1.78. The van der Waals surface area contributed by atoms with E-state index in [4.69, 9.17) is 0 Å². The Balaban J connectivity index is 2.55. The molecule has 0 amide bonds. The Morgan fingerprint density at radius 3 is 3.00 bits per heavy atom. The zero-order chi connectivity index (χ0) is 5.82. The van der Waals surface area contributed by atoms with Crippen LogP contribution in [0.1, 0.15) is 6.42 Å². The Morgan fingerprint density at radius 1 is 1.75 bits per heavy atom. The van der Waals surface area contributed by atoms with E-state index in [-0.39, 0.29) is 0 Å². The molecule has 0 atom stereocenters. The molecule has 0 radical (unpaired) electrons. The van der Waals surface area contributed by atoms with Gasteiger partial charge in [-0.25, -0.2) is 0 Å². The molecule has 0 unspecified atom stereocenters. The largest absolute Gasteiger partial charge is 0.297 e. The van der Waals surface area contributed by atoms with Gasteiger partial charge in [-0.15, -0.1) is 0 Å². The van der Waals surface area contributed by atoms with E-state index >= 15 is 0 Å². The first-order valence-electron chi connectivity index (χ1n) is 2.40. The second-order valence-electron chi connectivity index (χ2n) is 1.45. The van der Waals surface area contributed by atoms with Gasteiger partial charge in [0.2, 0.25) is 0 Å². The Bertz CT molecular complexity index is 147. The van der Waals surface area contributed by atoms with Crippen molar-refractivity contribution in [3.05, 3.63) is 22.5 Å². The van der Waals surface area contributed by atoms with Crippen LogP contribution in [-0.4, -0.2) is 6.29 Å². The van der Waals surface area contributed by atoms with Gasteiger partial charge in [0, 0.05) is 4.91 Å². The van der Waals surface area contributed by atoms with Crippen LogP contribution >= 0.6 is 11.8 Å². The van der Waals surface area contributed by atoms with Gasteiger partial charge in [-0.1, -0.05) is 23.9 Å². The summed E-state index contributed by atoms with van der Waals surface area (Å²) in [7, 11) is 0. The van der Waals surface area contributed by atoms with Crippen molar-refractivity contribution in [1.29, 1.82) is 0 Å². The van der Waals surface area contributed by atoms with E-state index in [1.165, 1.54) is 11.8 Å². The van der Waals surface area contributed by atoms with Crippen molar-refractivity contribution in [2.75, 3.05) is 0 Å². The molecule has 8 heavy (non-hydrogen) atoms. The van der Waals surface area contributed by atoms with Gasteiger partial charge in [-0.3, -0.25) is 4.79 Å². The van der Waals surface area contributed by atoms with Crippen molar-refractivity contribution in [3.63, 3.8) is 0 Å². The summed E-state index contributed by atoms with van der Waals surface area (Å²) in [5, 5.41) is 1.93. The molecule has 0 aliphatic carbocycles. The van der Waals surface area contributed by atoms with Gasteiger partial charge in [0.05, 0.1) is 0 Å². The van der Waals surface area contributed by atoms with Gasteiger partial charge in [0.1, 0.15) is 0 Å². The molecule has 42 valence electrons. The van der Waals surface area contributed by atoms with Crippen LogP contribution in [0.3, 0.4) is 0 Å². The second kappa shape index (κ2) is 2.72. The van der Waals surface area contributed by atoms with Crippen LogP contribution in [0, 0.1) is 0 Å². The minimum Gasteiger partial charge on any atom is -0.297 e. The van der Waals surface area contributed by atoms with Gasteiger partial charge in [0.15, 0.2) is 6.29 Å². The van der Waals surface area contributed by atoms with Crippen molar-refractivity contribution in [2.24, 2.45) is 0 Å². The number of carbonyl (C=O) groups excluding carboxylic acids is 1. The van der Waals surface area contributed by atoms with Gasteiger partial charge in [0.25, 0.3) is 0 Å². The molecule has 0 N–H and O–H groups in total. The molecule has 2 heteroatoms. The molecule has 1 nitrogen and oxygen atoms in total. The lowest BCUT2D eigenvalue weighted by atomic mass is 10.4. The predicted molar refractivity (Wildman–Crippen MR) is 35.5 cm³/mol. The summed E-state index contributed by atoms with van der Waals surface area (Å²) in [5.74, 6) is 0. The van der Waals surface area contributed by atoms with Crippen molar-refractivity contribution >= 4 is 18.0 Å². The number of thioether (sulfide) groups is 1. The van der Waals surface area contributed by atoms with Crippen LogP contribution in [0.4, 0.5) is 0 Å². The first-order chi connectivity index (χ1) is 3.93. The summed E-state index contributed by atoms with van der Waals surface area (Å²) in [6, 6.07) is 0. The molecule has 1 rings (SSSR count). The van der Waals surface area contributed by atoms with Crippen LogP contribution in [0.15, 0.2) is 22.5 Å². The monoisotopic (exact) mass is 126 g/mol. The molecule has 1 aliphatic heterocycles. The second-order valence-corrected chi connectivity index (χ2v) is 2.43. The molecular weight excluding hydrogens is 120 g/mol. The van der Waals surface area contributed by atoms with Crippen LogP contribution in [0.5, 0.6) is 0 Å². The highest BCUT2D eigenvalue weighted by atomic mass is 32.2. The summed E-state index contributed by atoms with van der Waals surface area (Å²) in [5.41, 5.74) is 0. The van der Waals surface area contributed by atoms with Gasteiger partial charge >= 0.3 is 0 Å². The highest BCUT2D eigenvalue weighted by Gasteiger charge is 1.94. The number of aldehydes is 1. The maximum Gasteiger partial charge on any atom is 0.156 e. The topological polar surface area (TPSA) is 17.1 Å². The van der Waals surface area contributed by atoms with Crippen LogP contribution in [0.25, 0.3) is 0 Å². The van der Waals surface area contributed by atoms with E-state index in [9.17, 15) is 4.79 Å². The Kier molecular flexibility index (Phi) is 1.92. The summed E-state index contributed by atoms with van der Waals surface area (Å²) in [6.07, 6.45) is 5.73. The Labute approximate surface area is 52.5 Å². The third kappa shape index (κ3) is 1.23. The molecular formula is C6H6OS. The fraction of sp³-hybridized carbons (Fsp3) is 0.167. The number of hydrogen-bond acceptors (Lipinski definition) is 2. The van der Waals surface area contributed by atoms with Crippen LogP contribution in [0.2, 0.25) is 0 Å². The number of hydrogen-bond donors (Lipinski definition) is 0. The summed E-state index contributed by atoms with van der Waals surface area (Å²) < 4.78 is 0. The van der Waals surface area contributed by atoms with Gasteiger partial charge < -0.3 is 0 Å². The van der Waals surface area contributed by atoms with E-state index < -0.39 is 0 Å². The minimum absolute atomic E-state index is 0.826. The average Bonchev–Trinajstić information content (AvgIpc) is 1.90. The maximum absolute atomic E-state index is 10.0. The lowest BCUT2D eigenvalue weighted by Gasteiger charge is -1.96. The van der Waals surface area contributed by atoms with E-state index in [1.54, 1.807) is 0 Å². The predicted octanol–water partition coefficient (Wildman–Crippen LogP) is 1.72. The third-order valence-corrected chi connectivity index (χ3v) is 1.74. The molecule has 0 fully saturated rings. The number of carbonyl (C=O) groups is 1. The van der Waals surface area contributed by atoms with E-state index in [0.29, 0.717) is 0 Å². The smallest absolute Gasteiger partial charge is 0.156 e. The highest BCUT2D eigenvalue weighted by Crippen LogP contribution is 2.19. The van der Waals surface area contributed by atoms with Crippen LogP contribution < -0.4 is 0 Å². The first-order valence-corrected chi connectivity index (χ1v) is 3.28. The van der Waals surface area contributed by atoms with Crippen LogP contribution in [-0.2, 0) is 4.79 Å². The van der Waals surface area contributed by atoms with Crippen molar-refractivity contribution in [1.82, 2.24) is 0 Å². The van der Waals surface area contributed by atoms with E-state index in [0.717, 1.165) is 17.6 Å². The minimum atomic E-state index is 0.826. The first kappa shape index (κ1) is 5.63. The van der Waals surface area contributed by atoms with E-state index in [2.05, 4.69) is 0 Å². The normalized spacial score (nSPS) is 17.8. The highest BCUT2D eigenvalue weighted by molar-refractivity contribution is 8.06. The molecule has 1 heterocycles. The summed E-state index contributed by atoms with van der Waals surface area (Å²) in [6.45, 7) is 0. The third-order valence-electron chi connectivity index (χ3n) is 0.872. The zero-order valence-electron chi connectivity index (χ0n) is 4.33. The fourth-order valence-corrected chi connectivity index (χ4v) is 1.10. The van der Waals surface area contributed by atoms with Gasteiger partial charge in [-0.2, -0.15) is 0 Å². The quantitative estimate of drug-likeness (QED) is 0.497. The maximum atomic E-state index is 10.0. The number of rotatable bonds is 1. The molecule has 0 aromatic rings. The zero-order valence-corrected chi connectivity index (χ0v) is 5.15. The molecule has 0 saturated carbocycles. The fourth-order valence-electron chi connectivity index (χ4n) is 0.490.